The van der Waals surface area contributed by atoms with Gasteiger partial charge >= 0.3 is 117 Å². The van der Waals surface area contributed by atoms with Gasteiger partial charge in [-0.05, 0) is 220 Å². The molecule has 0 saturated carbocycles. The van der Waals surface area contributed by atoms with Crippen LogP contribution in [0.25, 0.3) is 53.2 Å². The number of rotatable bonds is 18. The molecule has 0 bridgehead atoms. The van der Waals surface area contributed by atoms with Crippen LogP contribution in [0, 0.1) is 22.7 Å². The van der Waals surface area contributed by atoms with Crippen molar-refractivity contribution < 1.29 is 170 Å². The first-order chi connectivity index (χ1) is 61.1. The average Bonchev–Trinajstić information content (AvgIpc) is 1.60. The van der Waals surface area contributed by atoms with Gasteiger partial charge < -0.3 is 58.3 Å². The summed E-state index contributed by atoms with van der Waals surface area (Å²) < 4.78 is 93.1. The zero-order valence-corrected chi connectivity index (χ0v) is 85.5. The van der Waals surface area contributed by atoms with E-state index in [1.807, 2.05) is 88.4 Å². The smallest absolute Gasteiger partial charge is 1.00 e. The first-order valence-corrected chi connectivity index (χ1v) is 45.9. The predicted octanol–water partition coefficient (Wildman–Crippen LogP) is 15.3. The Kier molecular flexibility index (Phi) is 38.8. The van der Waals surface area contributed by atoms with E-state index in [1.54, 1.807) is 125 Å². The molecule has 14 heterocycles. The molecule has 7 unspecified atom stereocenters. The summed E-state index contributed by atoms with van der Waals surface area (Å²) in [6.45, 7) is 4.98. The van der Waals surface area contributed by atoms with Crippen LogP contribution in [0.5, 0.6) is 0 Å². The van der Waals surface area contributed by atoms with Crippen molar-refractivity contribution in [3.05, 3.63) is 268 Å². The number of nitrogens with zero attached hydrogens (tertiary/aromatic N) is 15. The van der Waals surface area contributed by atoms with E-state index in [-0.39, 0.29) is 139 Å². The second-order valence-corrected chi connectivity index (χ2v) is 38.3. The molecule has 44 heteroatoms. The number of hydrogen-bond donors (Lipinski definition) is 5. The standard InChI is InChI=1S/C24H29BClN3O4S.C19H12ClN5OS.C18H17BClF3N3O2S.C18H17BrClN3O2S.C6H3BrN2.F2.2K.H/c1-23(2)24(3,4)33-25(32-23)18-13-17(20(30)15-8-10-16(26)11-9-15)21(34-18)22-27-14-29(28-22)19-7-5-6-12-31-19;20-13-3-1-11(2-4-13)17(26)15-8-16(12-5-6-22-14(7-12)9-21)27-18(15)19-23-10-24-25-19;20-12-6-4-11(5-7-12)16(27)13-9-14(19(21,22)23)29-17(13)18-24-10-26(25-18)15-3-1-2-8-28-15;19-14-9-13(16(24)11-4-6-12(20)7-5-11)17(26-14)18-21-10-23(22-18)15-3-1-2-8-25-15;7-5-1-2-9-6(3-5)4-8;1-2;;;/h8-11,13-14,19-20,30H,5-7,12H2,1-4H3;1-8,10,17,26H,(H,23,24,25);4-7,9-10,15-16,27H,1-3,8H2;4-7,9-10,15-16,24H,1-3,8H2;1-3H;;;;/q;;-1;;;;2*+1;-1. The Morgan fingerprint density at radius 2 is 0.884 bits per heavy atom. The van der Waals surface area contributed by atoms with E-state index in [0.29, 0.717) is 83.6 Å². The molecule has 10 aromatic heterocycles. The van der Waals surface area contributed by atoms with Gasteiger partial charge in [-0.1, -0.05) is 122 Å². The number of pyridine rings is 2. The summed E-state index contributed by atoms with van der Waals surface area (Å²) in [7, 11) is -0.538. The number of H-pyrrole nitrogens is 1. The number of aromatic nitrogens is 14. The van der Waals surface area contributed by atoms with Gasteiger partial charge in [-0.15, -0.1) is 49.3 Å². The Bertz CT molecular complexity index is 6060. The molecule has 4 saturated heterocycles. The third-order valence-corrected chi connectivity index (χ3v) is 27.7. The molecular weight excluding hydrogens is 2010 g/mol. The van der Waals surface area contributed by atoms with Crippen LogP contribution in [0.15, 0.2) is 192 Å². The van der Waals surface area contributed by atoms with Crippen LogP contribution in [0.4, 0.5) is 22.1 Å². The van der Waals surface area contributed by atoms with Gasteiger partial charge in [0.05, 0.1) is 34.5 Å². The van der Waals surface area contributed by atoms with Gasteiger partial charge in [-0.25, -0.2) is 43.9 Å². The maximum atomic E-state index is 13.4. The Labute approximate surface area is 878 Å². The quantitative estimate of drug-likeness (QED) is 0.0393. The normalized spacial score (nSPS) is 17.1. The number of nitrogens with one attached hydrogen (secondary N) is 1. The molecular formula is C85H79B2Br2Cl4F5K2N16O9S4. The maximum Gasteiger partial charge on any atom is 1.00 e. The molecule has 18 rings (SSSR count). The Hall–Kier alpha value is -5.67. The summed E-state index contributed by atoms with van der Waals surface area (Å²) in [5.41, 5.74) is 5.65. The summed E-state index contributed by atoms with van der Waals surface area (Å²) in [5, 5.41) is 84.1. The van der Waals surface area contributed by atoms with E-state index in [2.05, 4.69) is 82.2 Å². The van der Waals surface area contributed by atoms with Crippen LogP contribution in [-0.4, -0.2) is 135 Å². The zero-order valence-electron chi connectivity index (χ0n) is 70.8. The van der Waals surface area contributed by atoms with Gasteiger partial charge in [0.25, 0.3) is 0 Å². The molecule has 4 aliphatic rings. The largest absolute Gasteiger partial charge is 1.00 e. The van der Waals surface area contributed by atoms with E-state index >= 15 is 0 Å². The van der Waals surface area contributed by atoms with Gasteiger partial charge in [0.1, 0.15) is 73.3 Å². The van der Waals surface area contributed by atoms with E-state index in [9.17, 15) is 33.4 Å². The van der Waals surface area contributed by atoms with Crippen molar-refractivity contribution >= 4 is 147 Å². The fourth-order valence-corrected chi connectivity index (χ4v) is 19.3. The summed E-state index contributed by atoms with van der Waals surface area (Å²) in [4.78, 5) is 28.7. The molecule has 25 nitrogen and oxygen atoms in total. The predicted molar refractivity (Wildman–Crippen MR) is 488 cm³/mol. The van der Waals surface area contributed by atoms with Crippen molar-refractivity contribution in [1.29, 1.82) is 10.5 Å². The summed E-state index contributed by atoms with van der Waals surface area (Å²) in [5.74, 6) is 1.85. The summed E-state index contributed by atoms with van der Waals surface area (Å²) in [6, 6.07) is 45.5. The fourth-order valence-electron chi connectivity index (χ4n) is 13.6. The number of nitriles is 2. The Morgan fingerprint density at radius 3 is 1.26 bits per heavy atom. The first-order valence-electron chi connectivity index (χ1n) is 39.5. The fraction of sp³-hybridized carbons (Fsp3) is 0.294. The summed E-state index contributed by atoms with van der Waals surface area (Å²) in [6.07, 6.45) is 14.2. The van der Waals surface area contributed by atoms with Crippen molar-refractivity contribution in [2.24, 2.45) is 0 Å². The minimum absolute atomic E-state index is 0. The SMILES string of the molecule is CC1(C)OB(c2cc(C(O)c3ccc(Cl)cc3)c(-c3ncn(C4CCCCO4)n3)s2)OC1(C)C.FF.N#Cc1cc(-c2cc(C(O)c3ccc(Cl)cc3)c(-c3ncn[nH]3)s2)ccn1.N#Cc1cc(Br)ccn1.OC(c1ccc(Cl)cc1)c1cc(Br)sc1-c1ncn(C2CCCCO2)n1.OC(c1ccc(Cl)cc1)c1cc([B-](F)(F)F)sc1-c1ncn(C2CCCCO2)n1.[H-].[K+].[K+]. The van der Waals surface area contributed by atoms with Gasteiger partial charge in [0.15, 0.2) is 42.0 Å². The van der Waals surface area contributed by atoms with Crippen LogP contribution in [-0.2, 0) is 23.5 Å². The number of ether oxygens (including phenoxy) is 3. The molecule has 7 atom stereocenters. The average molecular weight is 2090 g/mol. The van der Waals surface area contributed by atoms with E-state index < -0.39 is 54.5 Å². The molecule has 4 aliphatic heterocycles. The Balaban J connectivity index is 0.000000172. The molecule has 0 aliphatic carbocycles. The topological polar surface area (TPSA) is 334 Å². The molecule has 0 radical (unpaired) electrons. The number of thiophene rings is 4. The van der Waals surface area contributed by atoms with E-state index in [1.165, 1.54) is 51.3 Å². The molecule has 0 amide bonds. The van der Waals surface area contributed by atoms with Crippen molar-refractivity contribution in [1.82, 2.24) is 69.4 Å². The monoisotopic (exact) mass is 2090 g/mol. The van der Waals surface area contributed by atoms with Crippen molar-refractivity contribution in [3.63, 3.8) is 0 Å². The molecule has 4 fully saturated rings. The molecule has 14 aromatic rings. The Morgan fingerprint density at radius 1 is 0.496 bits per heavy atom. The minimum atomic E-state index is -5.22. The molecule has 129 heavy (non-hydrogen) atoms. The van der Waals surface area contributed by atoms with E-state index in [0.717, 1.165) is 137 Å². The minimum Gasteiger partial charge on any atom is -1.00 e. The van der Waals surface area contributed by atoms with Crippen molar-refractivity contribution in [3.8, 4) is 65.4 Å². The maximum absolute atomic E-state index is 13.4. The second kappa shape index (κ2) is 48.2. The third kappa shape index (κ3) is 26.7. The third-order valence-electron chi connectivity index (χ3n) is 20.9. The number of aliphatic hydroxyl groups is 4. The van der Waals surface area contributed by atoms with Gasteiger partial charge in [-0.3, -0.25) is 5.10 Å². The number of aromatic amines is 1. The van der Waals surface area contributed by atoms with E-state index in [4.69, 9.17) is 94.7 Å². The molecule has 4 aromatic carbocycles. The first kappa shape index (κ1) is 104. The number of benzene rings is 4. The number of aliphatic hydroxyl groups excluding tert-OH is 4. The van der Waals surface area contributed by atoms with Crippen LogP contribution in [0.3, 0.4) is 0 Å². The van der Waals surface area contributed by atoms with Gasteiger partial charge in [0.2, 0.25) is 0 Å². The second-order valence-electron chi connectivity index (χ2n) is 30.0. The molecule has 662 valence electrons. The zero-order chi connectivity index (χ0) is 90.3. The van der Waals surface area contributed by atoms with Crippen LogP contribution >= 0.6 is 124 Å². The van der Waals surface area contributed by atoms with Gasteiger partial charge in [-0.2, -0.15) is 27.0 Å². The molecule has 5 N–H and O–H groups in total. The van der Waals surface area contributed by atoms with Crippen LogP contribution in [0.1, 0.15) is 186 Å². The van der Waals surface area contributed by atoms with Crippen molar-refractivity contribution in [2.45, 2.75) is 140 Å². The number of halogens is 11. The van der Waals surface area contributed by atoms with Crippen LogP contribution < -0.4 is 112 Å². The number of hydrogen-bond acceptors (Lipinski definition) is 25. The summed E-state index contributed by atoms with van der Waals surface area (Å²) >= 11 is 35.5. The van der Waals surface area contributed by atoms with Gasteiger partial charge in [0, 0.05) is 97.8 Å². The molecule has 0 spiro atoms. The van der Waals surface area contributed by atoms with Crippen LogP contribution in [0.2, 0.25) is 20.1 Å². The van der Waals surface area contributed by atoms with Crippen molar-refractivity contribution in [2.75, 3.05) is 19.8 Å².